The minimum atomic E-state index is 0.604. The molecule has 0 N–H and O–H groups in total. The number of aromatic nitrogens is 3. The van der Waals surface area contributed by atoms with Crippen molar-refractivity contribution in [3.8, 4) is 45.3 Å². The second-order valence-corrected chi connectivity index (χ2v) is 12.4. The molecule has 10 rings (SSSR count). The van der Waals surface area contributed by atoms with Crippen LogP contribution < -0.4 is 0 Å². The zero-order valence-corrected chi connectivity index (χ0v) is 26.3. The van der Waals surface area contributed by atoms with Crippen molar-refractivity contribution >= 4 is 54.3 Å². The van der Waals surface area contributed by atoms with E-state index in [1.54, 1.807) is 0 Å². The standard InChI is InChI=1S/C45H27N3O/c1-2-12-31(13-3-1)43-46-44(48-45(47-43)37-18-10-20-40-42(37)36-17-8-9-19-39(36)49-40)35-16-7-6-14-33(35)32-26-23-29-22-25-30-24-21-28-11-4-5-15-34(28)41(30)38(29)27-32/h1-27H. The number of benzene rings is 8. The molecule has 228 valence electrons. The molecule has 0 amide bonds. The molecule has 0 radical (unpaired) electrons. The van der Waals surface area contributed by atoms with E-state index in [9.17, 15) is 0 Å². The summed E-state index contributed by atoms with van der Waals surface area (Å²) >= 11 is 0. The first-order valence-corrected chi connectivity index (χ1v) is 16.4. The Morgan fingerprint density at radius 3 is 1.78 bits per heavy atom. The number of para-hydroxylation sites is 1. The predicted molar refractivity (Wildman–Crippen MR) is 201 cm³/mol. The Morgan fingerprint density at radius 1 is 0.327 bits per heavy atom. The van der Waals surface area contributed by atoms with Crippen molar-refractivity contribution in [3.05, 3.63) is 164 Å². The van der Waals surface area contributed by atoms with Crippen molar-refractivity contribution < 1.29 is 4.42 Å². The average molecular weight is 626 g/mol. The van der Waals surface area contributed by atoms with Crippen LogP contribution in [-0.2, 0) is 0 Å². The van der Waals surface area contributed by atoms with Crippen molar-refractivity contribution in [3.63, 3.8) is 0 Å². The second-order valence-electron chi connectivity index (χ2n) is 12.4. The van der Waals surface area contributed by atoms with E-state index in [0.717, 1.165) is 49.8 Å². The molecule has 4 nitrogen and oxygen atoms in total. The lowest BCUT2D eigenvalue weighted by Gasteiger charge is -2.14. The fourth-order valence-corrected chi connectivity index (χ4v) is 7.22. The number of hydrogen-bond donors (Lipinski definition) is 0. The van der Waals surface area contributed by atoms with Crippen LogP contribution in [0.25, 0.3) is 99.5 Å². The van der Waals surface area contributed by atoms with Crippen LogP contribution in [0, 0.1) is 0 Å². The number of rotatable bonds is 4. The number of furan rings is 1. The van der Waals surface area contributed by atoms with Gasteiger partial charge in [0.15, 0.2) is 17.5 Å². The van der Waals surface area contributed by atoms with E-state index < -0.39 is 0 Å². The zero-order chi connectivity index (χ0) is 32.3. The molecule has 2 aromatic heterocycles. The van der Waals surface area contributed by atoms with Gasteiger partial charge in [0, 0.05) is 27.5 Å². The molecule has 0 spiro atoms. The van der Waals surface area contributed by atoms with Gasteiger partial charge in [-0.2, -0.15) is 0 Å². The monoisotopic (exact) mass is 625 g/mol. The SMILES string of the molecule is c1ccc(-c2nc(-c3ccccc3-c3ccc4ccc5ccc6ccccc6c5c4c3)nc(-c3cccc4oc5ccccc5c34)n2)cc1. The molecular formula is C45H27N3O. The lowest BCUT2D eigenvalue weighted by molar-refractivity contribution is 0.669. The lowest BCUT2D eigenvalue weighted by atomic mass is 9.92. The molecule has 0 aliphatic heterocycles. The van der Waals surface area contributed by atoms with Gasteiger partial charge < -0.3 is 4.42 Å². The summed E-state index contributed by atoms with van der Waals surface area (Å²) in [6.07, 6.45) is 0. The number of nitrogens with zero attached hydrogens (tertiary/aromatic N) is 3. The van der Waals surface area contributed by atoms with Crippen molar-refractivity contribution in [2.75, 3.05) is 0 Å². The van der Waals surface area contributed by atoms with Gasteiger partial charge in [-0.1, -0.05) is 146 Å². The minimum Gasteiger partial charge on any atom is -0.456 e. The zero-order valence-electron chi connectivity index (χ0n) is 26.3. The van der Waals surface area contributed by atoms with E-state index in [2.05, 4.69) is 103 Å². The van der Waals surface area contributed by atoms with Crippen LogP contribution in [0.3, 0.4) is 0 Å². The van der Waals surface area contributed by atoms with Gasteiger partial charge in [0.1, 0.15) is 11.2 Å². The van der Waals surface area contributed by atoms with E-state index in [-0.39, 0.29) is 0 Å². The largest absolute Gasteiger partial charge is 0.456 e. The Labute approximate surface area is 282 Å². The molecule has 2 heterocycles. The van der Waals surface area contributed by atoms with Crippen molar-refractivity contribution in [2.24, 2.45) is 0 Å². The molecule has 0 fully saturated rings. The normalized spacial score (nSPS) is 11.7. The van der Waals surface area contributed by atoms with E-state index in [4.69, 9.17) is 19.4 Å². The smallest absolute Gasteiger partial charge is 0.164 e. The van der Waals surface area contributed by atoms with Crippen molar-refractivity contribution in [2.45, 2.75) is 0 Å². The molecule has 0 aliphatic rings. The van der Waals surface area contributed by atoms with Crippen molar-refractivity contribution in [1.82, 2.24) is 15.0 Å². The van der Waals surface area contributed by atoms with Gasteiger partial charge in [-0.25, -0.2) is 15.0 Å². The molecule has 4 heteroatoms. The molecule has 0 aliphatic carbocycles. The molecule has 49 heavy (non-hydrogen) atoms. The summed E-state index contributed by atoms with van der Waals surface area (Å²) in [6.45, 7) is 0. The van der Waals surface area contributed by atoms with Crippen LogP contribution in [0.2, 0.25) is 0 Å². The lowest BCUT2D eigenvalue weighted by Crippen LogP contribution is -2.01. The Hall–Kier alpha value is -6.65. The summed E-state index contributed by atoms with van der Waals surface area (Å²) in [6, 6.07) is 57.0. The molecule has 0 unspecified atom stereocenters. The first kappa shape index (κ1) is 27.5. The van der Waals surface area contributed by atoms with Crippen LogP contribution >= 0.6 is 0 Å². The van der Waals surface area contributed by atoms with Crippen LogP contribution in [0.5, 0.6) is 0 Å². The van der Waals surface area contributed by atoms with Gasteiger partial charge in [0.25, 0.3) is 0 Å². The third kappa shape index (κ3) is 4.49. The van der Waals surface area contributed by atoms with E-state index >= 15 is 0 Å². The third-order valence-electron chi connectivity index (χ3n) is 9.52. The minimum absolute atomic E-state index is 0.604. The first-order chi connectivity index (χ1) is 24.3. The summed E-state index contributed by atoms with van der Waals surface area (Å²) in [4.78, 5) is 15.4. The summed E-state index contributed by atoms with van der Waals surface area (Å²) in [5.74, 6) is 1.84. The Kier molecular flexibility index (Phi) is 6.15. The van der Waals surface area contributed by atoms with Gasteiger partial charge in [-0.15, -0.1) is 0 Å². The quantitative estimate of drug-likeness (QED) is 0.183. The Morgan fingerprint density at radius 2 is 0.918 bits per heavy atom. The molecule has 0 bridgehead atoms. The summed E-state index contributed by atoms with van der Waals surface area (Å²) < 4.78 is 6.24. The first-order valence-electron chi connectivity index (χ1n) is 16.4. The van der Waals surface area contributed by atoms with Crippen molar-refractivity contribution in [1.29, 1.82) is 0 Å². The maximum absolute atomic E-state index is 6.24. The van der Waals surface area contributed by atoms with Crippen LogP contribution in [-0.4, -0.2) is 15.0 Å². The summed E-state index contributed by atoms with van der Waals surface area (Å²) in [5, 5.41) is 9.45. The highest BCUT2D eigenvalue weighted by atomic mass is 16.3. The Bertz CT molecular complexity index is 2890. The van der Waals surface area contributed by atoms with E-state index in [1.165, 1.54) is 32.3 Å². The second kappa shape index (κ2) is 11.0. The van der Waals surface area contributed by atoms with Gasteiger partial charge in [0.05, 0.1) is 0 Å². The highest BCUT2D eigenvalue weighted by molar-refractivity contribution is 6.20. The molecule has 0 saturated heterocycles. The molecule has 10 aromatic rings. The van der Waals surface area contributed by atoms with E-state index in [0.29, 0.717) is 17.5 Å². The van der Waals surface area contributed by atoms with Gasteiger partial charge in [0.2, 0.25) is 0 Å². The van der Waals surface area contributed by atoms with Gasteiger partial charge in [-0.3, -0.25) is 0 Å². The van der Waals surface area contributed by atoms with E-state index in [1.807, 2.05) is 60.7 Å². The van der Waals surface area contributed by atoms with Crippen LogP contribution in [0.1, 0.15) is 0 Å². The topological polar surface area (TPSA) is 51.8 Å². The molecule has 0 atom stereocenters. The number of fused-ring (bicyclic) bond motifs is 8. The molecular weight excluding hydrogens is 599 g/mol. The van der Waals surface area contributed by atoms with Gasteiger partial charge >= 0.3 is 0 Å². The summed E-state index contributed by atoms with van der Waals surface area (Å²) in [5.41, 5.74) is 6.59. The fraction of sp³-hybridized carbons (Fsp3) is 0. The highest BCUT2D eigenvalue weighted by Crippen LogP contribution is 2.39. The maximum Gasteiger partial charge on any atom is 0.164 e. The fourth-order valence-electron chi connectivity index (χ4n) is 7.22. The number of hydrogen-bond acceptors (Lipinski definition) is 4. The summed E-state index contributed by atoms with van der Waals surface area (Å²) in [7, 11) is 0. The third-order valence-corrected chi connectivity index (χ3v) is 9.52. The predicted octanol–water partition coefficient (Wildman–Crippen LogP) is 11.9. The molecule has 0 saturated carbocycles. The van der Waals surface area contributed by atoms with Crippen LogP contribution in [0.15, 0.2) is 168 Å². The average Bonchev–Trinajstić information content (AvgIpc) is 3.56. The molecule has 8 aromatic carbocycles. The van der Waals surface area contributed by atoms with Gasteiger partial charge in [-0.05, 0) is 61.6 Å². The van der Waals surface area contributed by atoms with Crippen LogP contribution in [0.4, 0.5) is 0 Å². The highest BCUT2D eigenvalue weighted by Gasteiger charge is 2.19. The maximum atomic E-state index is 6.24. The Balaban J connectivity index is 1.22.